The molecule has 2 aromatic rings. The molecule has 0 unspecified atom stereocenters. The average Bonchev–Trinajstić information content (AvgIpc) is 2.69. The third-order valence-corrected chi connectivity index (χ3v) is 5.16. The molecule has 0 saturated carbocycles. The quantitative estimate of drug-likeness (QED) is 0.654. The van der Waals surface area contributed by atoms with Gasteiger partial charge in [-0.05, 0) is 48.6 Å². The maximum atomic E-state index is 13.1. The molecule has 29 heavy (non-hydrogen) atoms. The van der Waals surface area contributed by atoms with Gasteiger partial charge in [0.2, 0.25) is 0 Å². The molecule has 3 rings (SSSR count). The van der Waals surface area contributed by atoms with Gasteiger partial charge in [0.15, 0.2) is 0 Å². The van der Waals surface area contributed by atoms with E-state index in [2.05, 4.69) is 5.32 Å². The Hall–Kier alpha value is -2.25. The van der Waals surface area contributed by atoms with Crippen LogP contribution in [0.5, 0.6) is 0 Å². The van der Waals surface area contributed by atoms with Crippen LogP contribution in [0.4, 0.5) is 23.7 Å². The number of benzene rings is 2. The number of amides is 2. The Bertz CT molecular complexity index is 819. The lowest BCUT2D eigenvalue weighted by atomic mass is 9.98. The monoisotopic (exact) mass is 426 g/mol. The van der Waals surface area contributed by atoms with Crippen LogP contribution in [0.2, 0.25) is 5.02 Å². The summed E-state index contributed by atoms with van der Waals surface area (Å²) in [5.74, 6) is 0.314. The summed E-state index contributed by atoms with van der Waals surface area (Å²) >= 11 is 5.85. The lowest BCUT2D eigenvalue weighted by Gasteiger charge is -2.32. The Kier molecular flexibility index (Phi) is 7.03. The molecule has 4 nitrogen and oxygen atoms in total. The molecule has 2 aromatic carbocycles. The van der Waals surface area contributed by atoms with Gasteiger partial charge in [0.25, 0.3) is 0 Å². The van der Waals surface area contributed by atoms with E-state index in [0.29, 0.717) is 37.2 Å². The summed E-state index contributed by atoms with van der Waals surface area (Å²) in [6.45, 7) is 2.03. The van der Waals surface area contributed by atoms with Crippen LogP contribution in [0.15, 0.2) is 48.5 Å². The summed E-state index contributed by atoms with van der Waals surface area (Å²) in [5, 5.41) is 3.07. The standard InChI is InChI=1S/C21H22ClF3N2O2/c22-17-7-5-15(6-8-17)13-29-14-16-9-11-27(12-10-16)20(28)26-19-4-2-1-3-18(19)21(23,24)25/h1-8,16H,9-14H2,(H,26,28). The van der Waals surface area contributed by atoms with E-state index in [0.717, 1.165) is 24.5 Å². The highest BCUT2D eigenvalue weighted by molar-refractivity contribution is 6.30. The molecule has 0 bridgehead atoms. The summed E-state index contributed by atoms with van der Waals surface area (Å²) in [5.41, 5.74) is -0.0354. The van der Waals surface area contributed by atoms with Gasteiger partial charge >= 0.3 is 12.2 Å². The fourth-order valence-corrected chi connectivity index (χ4v) is 3.39. The van der Waals surface area contributed by atoms with E-state index in [-0.39, 0.29) is 5.69 Å². The maximum absolute atomic E-state index is 13.1. The predicted octanol–water partition coefficient (Wildman–Crippen LogP) is 5.82. The second-order valence-electron chi connectivity index (χ2n) is 7.05. The van der Waals surface area contributed by atoms with Crippen LogP contribution in [0.25, 0.3) is 0 Å². The van der Waals surface area contributed by atoms with Crippen molar-refractivity contribution in [1.82, 2.24) is 4.90 Å². The first-order valence-corrected chi connectivity index (χ1v) is 9.75. The van der Waals surface area contributed by atoms with Crippen molar-refractivity contribution in [3.8, 4) is 0 Å². The van der Waals surface area contributed by atoms with Crippen molar-refractivity contribution in [1.29, 1.82) is 0 Å². The number of piperidine rings is 1. The molecule has 0 atom stereocenters. The first-order valence-electron chi connectivity index (χ1n) is 9.37. The maximum Gasteiger partial charge on any atom is 0.418 e. The van der Waals surface area contributed by atoms with Gasteiger partial charge in [0, 0.05) is 24.7 Å². The van der Waals surface area contributed by atoms with E-state index in [1.807, 2.05) is 24.3 Å². The van der Waals surface area contributed by atoms with Gasteiger partial charge < -0.3 is 15.0 Å². The van der Waals surface area contributed by atoms with Crippen LogP contribution in [0, 0.1) is 5.92 Å². The highest BCUT2D eigenvalue weighted by Gasteiger charge is 2.34. The van der Waals surface area contributed by atoms with Crippen LogP contribution in [0.3, 0.4) is 0 Å². The Morgan fingerprint density at radius 1 is 1.10 bits per heavy atom. The van der Waals surface area contributed by atoms with Crippen LogP contribution in [0.1, 0.15) is 24.0 Å². The number of hydrogen-bond acceptors (Lipinski definition) is 2. The molecule has 0 radical (unpaired) electrons. The number of alkyl halides is 3. The van der Waals surface area contributed by atoms with Gasteiger partial charge in [-0.2, -0.15) is 13.2 Å². The zero-order valence-electron chi connectivity index (χ0n) is 15.7. The molecule has 8 heteroatoms. The van der Waals surface area contributed by atoms with E-state index < -0.39 is 17.8 Å². The molecule has 156 valence electrons. The lowest BCUT2D eigenvalue weighted by molar-refractivity contribution is -0.136. The Morgan fingerprint density at radius 3 is 2.41 bits per heavy atom. The minimum Gasteiger partial charge on any atom is -0.376 e. The molecular formula is C21H22ClF3N2O2. The number of ether oxygens (including phenoxy) is 1. The van der Waals surface area contributed by atoms with Crippen LogP contribution in [-0.2, 0) is 17.5 Å². The zero-order valence-corrected chi connectivity index (χ0v) is 16.5. The second kappa shape index (κ2) is 9.50. The molecule has 0 aromatic heterocycles. The second-order valence-corrected chi connectivity index (χ2v) is 7.48. The Labute approximate surface area is 172 Å². The highest BCUT2D eigenvalue weighted by atomic mass is 35.5. The van der Waals surface area contributed by atoms with Crippen molar-refractivity contribution in [2.75, 3.05) is 25.0 Å². The van der Waals surface area contributed by atoms with Gasteiger partial charge in [-0.3, -0.25) is 0 Å². The van der Waals surface area contributed by atoms with Crippen molar-refractivity contribution in [3.05, 3.63) is 64.7 Å². The van der Waals surface area contributed by atoms with Gasteiger partial charge in [0.1, 0.15) is 0 Å². The summed E-state index contributed by atoms with van der Waals surface area (Å²) in [7, 11) is 0. The van der Waals surface area contributed by atoms with E-state index in [9.17, 15) is 18.0 Å². The van der Waals surface area contributed by atoms with Gasteiger partial charge in [0.05, 0.1) is 17.9 Å². The van der Waals surface area contributed by atoms with Crippen molar-refractivity contribution in [2.45, 2.75) is 25.6 Å². The third kappa shape index (κ3) is 6.11. The van der Waals surface area contributed by atoms with E-state index in [1.54, 1.807) is 4.90 Å². The molecule has 0 spiro atoms. The number of para-hydroxylation sites is 1. The average molecular weight is 427 g/mol. The third-order valence-electron chi connectivity index (χ3n) is 4.91. The van der Waals surface area contributed by atoms with E-state index in [1.165, 1.54) is 18.2 Å². The first kappa shape index (κ1) is 21.5. The number of carbonyl (C=O) groups excluding carboxylic acids is 1. The van der Waals surface area contributed by atoms with Gasteiger partial charge in [-0.15, -0.1) is 0 Å². The molecule has 1 aliphatic rings. The largest absolute Gasteiger partial charge is 0.418 e. The molecule has 1 heterocycles. The minimum absolute atomic E-state index is 0.224. The topological polar surface area (TPSA) is 41.6 Å². The SMILES string of the molecule is O=C(Nc1ccccc1C(F)(F)F)N1CCC(COCc2ccc(Cl)cc2)CC1. The van der Waals surface area contributed by atoms with Crippen LogP contribution in [-0.4, -0.2) is 30.6 Å². The number of nitrogens with zero attached hydrogens (tertiary/aromatic N) is 1. The van der Waals surface area contributed by atoms with Crippen molar-refractivity contribution >= 4 is 23.3 Å². The summed E-state index contributed by atoms with van der Waals surface area (Å²) in [6.07, 6.45) is -3.03. The molecule has 2 amide bonds. The Balaban J connectivity index is 1.44. The van der Waals surface area contributed by atoms with Gasteiger partial charge in [-0.1, -0.05) is 35.9 Å². The normalized spacial score (nSPS) is 15.4. The predicted molar refractivity (Wildman–Crippen MR) is 106 cm³/mol. The molecule has 1 fully saturated rings. The molecule has 0 aliphatic carbocycles. The number of likely N-dealkylation sites (tertiary alicyclic amines) is 1. The van der Waals surface area contributed by atoms with Crippen molar-refractivity contribution < 1.29 is 22.7 Å². The molecule has 1 N–H and O–H groups in total. The fraction of sp³-hybridized carbons (Fsp3) is 0.381. The number of urea groups is 1. The van der Waals surface area contributed by atoms with E-state index >= 15 is 0 Å². The van der Waals surface area contributed by atoms with Crippen LogP contribution < -0.4 is 5.32 Å². The molecule has 1 aliphatic heterocycles. The molecular weight excluding hydrogens is 405 g/mol. The smallest absolute Gasteiger partial charge is 0.376 e. The van der Waals surface area contributed by atoms with E-state index in [4.69, 9.17) is 16.3 Å². The lowest BCUT2D eigenvalue weighted by Crippen LogP contribution is -2.42. The number of anilines is 1. The number of halogens is 4. The zero-order chi connectivity index (χ0) is 20.9. The number of rotatable bonds is 5. The first-order chi connectivity index (χ1) is 13.8. The summed E-state index contributed by atoms with van der Waals surface area (Å²) in [6, 6.07) is 11.9. The van der Waals surface area contributed by atoms with Crippen LogP contribution >= 0.6 is 11.6 Å². The Morgan fingerprint density at radius 2 is 1.76 bits per heavy atom. The van der Waals surface area contributed by atoms with Crippen molar-refractivity contribution in [3.63, 3.8) is 0 Å². The summed E-state index contributed by atoms with van der Waals surface area (Å²) < 4.78 is 45.0. The number of hydrogen-bond donors (Lipinski definition) is 1. The highest BCUT2D eigenvalue weighted by Crippen LogP contribution is 2.34. The number of nitrogens with one attached hydrogen (secondary N) is 1. The molecule has 1 saturated heterocycles. The van der Waals surface area contributed by atoms with Crippen molar-refractivity contribution in [2.24, 2.45) is 5.92 Å². The fourth-order valence-electron chi connectivity index (χ4n) is 3.26. The summed E-state index contributed by atoms with van der Waals surface area (Å²) in [4.78, 5) is 13.9. The number of carbonyl (C=O) groups is 1. The minimum atomic E-state index is -4.52. The van der Waals surface area contributed by atoms with Gasteiger partial charge in [-0.25, -0.2) is 4.79 Å².